The van der Waals surface area contributed by atoms with Gasteiger partial charge in [-0.3, -0.25) is 4.79 Å². The third-order valence-electron chi connectivity index (χ3n) is 6.35. The number of aliphatic hydroxyl groups excluding tert-OH is 1. The fourth-order valence-corrected chi connectivity index (χ4v) is 5.43. The Hall–Kier alpha value is -4.21. The lowest BCUT2D eigenvalue weighted by Crippen LogP contribution is -2.12. The van der Waals surface area contributed by atoms with Gasteiger partial charge in [0.15, 0.2) is 15.5 Å². The summed E-state index contributed by atoms with van der Waals surface area (Å²) in [6.45, 7) is 2.17. The molecule has 0 saturated carbocycles. The normalized spacial score (nSPS) is 11.7. The number of benzene rings is 3. The molecule has 2 aromatic heterocycles. The van der Waals surface area contributed by atoms with Gasteiger partial charge in [-0.25, -0.2) is 13.1 Å². The zero-order chi connectivity index (χ0) is 26.2. The molecule has 1 amide bonds. The van der Waals surface area contributed by atoms with E-state index in [1.54, 1.807) is 35.0 Å². The number of hydrogen-bond donors (Lipinski definition) is 2. The van der Waals surface area contributed by atoms with Crippen molar-refractivity contribution in [1.29, 1.82) is 0 Å². The SMILES string of the molecule is Cc1cc(C(N)=O)nn1-c1ccc2c(ccn2Cc2ccc(-c3ccc(S(=O)(=O)CCO)cc3)cc2)c1. The summed E-state index contributed by atoms with van der Waals surface area (Å²) in [5.74, 6) is -0.835. The summed E-state index contributed by atoms with van der Waals surface area (Å²) in [7, 11) is -3.46. The van der Waals surface area contributed by atoms with Gasteiger partial charge in [0.2, 0.25) is 0 Å². The lowest BCUT2D eigenvalue weighted by atomic mass is 10.0. The van der Waals surface area contributed by atoms with Gasteiger partial charge in [-0.15, -0.1) is 0 Å². The van der Waals surface area contributed by atoms with Gasteiger partial charge in [-0.1, -0.05) is 36.4 Å². The summed E-state index contributed by atoms with van der Waals surface area (Å²) < 4.78 is 28.1. The molecular formula is C28H26N4O4S. The Balaban J connectivity index is 1.34. The zero-order valence-corrected chi connectivity index (χ0v) is 21.0. The van der Waals surface area contributed by atoms with Crippen molar-refractivity contribution in [2.45, 2.75) is 18.4 Å². The topological polar surface area (TPSA) is 120 Å². The zero-order valence-electron chi connectivity index (χ0n) is 20.2. The first-order chi connectivity index (χ1) is 17.7. The Bertz CT molecular complexity index is 1700. The molecule has 3 N–H and O–H groups in total. The van der Waals surface area contributed by atoms with Crippen molar-refractivity contribution in [3.05, 3.63) is 102 Å². The Morgan fingerprint density at radius 2 is 1.62 bits per heavy atom. The van der Waals surface area contributed by atoms with Crippen LogP contribution in [0.4, 0.5) is 0 Å². The van der Waals surface area contributed by atoms with Crippen LogP contribution >= 0.6 is 0 Å². The molecule has 3 aromatic carbocycles. The predicted molar refractivity (Wildman–Crippen MR) is 142 cm³/mol. The molecule has 2 heterocycles. The molecule has 0 aliphatic carbocycles. The number of carbonyl (C=O) groups excluding carboxylic acids is 1. The number of nitrogens with two attached hydrogens (primary N) is 1. The molecular weight excluding hydrogens is 488 g/mol. The van der Waals surface area contributed by atoms with E-state index in [0.29, 0.717) is 6.54 Å². The van der Waals surface area contributed by atoms with Gasteiger partial charge in [0, 0.05) is 29.3 Å². The molecule has 5 aromatic rings. The molecule has 5 rings (SSSR count). The lowest BCUT2D eigenvalue weighted by molar-refractivity contribution is 0.0995. The molecule has 0 atom stereocenters. The van der Waals surface area contributed by atoms with Crippen LogP contribution in [0, 0.1) is 6.92 Å². The molecule has 0 aliphatic rings. The van der Waals surface area contributed by atoms with Crippen LogP contribution in [0.2, 0.25) is 0 Å². The van der Waals surface area contributed by atoms with Crippen molar-refractivity contribution >= 4 is 26.6 Å². The smallest absolute Gasteiger partial charge is 0.269 e. The van der Waals surface area contributed by atoms with Crippen LogP contribution in [0.3, 0.4) is 0 Å². The second kappa shape index (κ2) is 9.68. The summed E-state index contributed by atoms with van der Waals surface area (Å²) in [6.07, 6.45) is 2.04. The molecule has 9 heteroatoms. The van der Waals surface area contributed by atoms with Crippen LogP contribution in [0.15, 0.2) is 90.0 Å². The van der Waals surface area contributed by atoms with Gasteiger partial charge in [-0.05, 0) is 66.1 Å². The van der Waals surface area contributed by atoms with Crippen LogP contribution in [-0.4, -0.2) is 46.1 Å². The first-order valence-electron chi connectivity index (χ1n) is 11.7. The third-order valence-corrected chi connectivity index (χ3v) is 8.06. The number of rotatable bonds is 8. The summed E-state index contributed by atoms with van der Waals surface area (Å²) in [6, 6.07) is 24.6. The average Bonchev–Trinajstić information content (AvgIpc) is 3.47. The number of fused-ring (bicyclic) bond motifs is 1. The van der Waals surface area contributed by atoms with Gasteiger partial charge in [-0.2, -0.15) is 5.10 Å². The fourth-order valence-electron chi connectivity index (χ4n) is 4.41. The van der Waals surface area contributed by atoms with E-state index in [2.05, 4.69) is 21.8 Å². The van der Waals surface area contributed by atoms with Gasteiger partial charge in [0.1, 0.15) is 0 Å². The fraction of sp³-hybridized carbons (Fsp3) is 0.143. The second-order valence-electron chi connectivity index (χ2n) is 8.90. The first kappa shape index (κ1) is 24.5. The van der Waals surface area contributed by atoms with E-state index < -0.39 is 22.4 Å². The monoisotopic (exact) mass is 514 g/mol. The number of aromatic nitrogens is 3. The summed E-state index contributed by atoms with van der Waals surface area (Å²) in [5.41, 5.74) is 11.4. The third kappa shape index (κ3) is 4.91. The molecule has 37 heavy (non-hydrogen) atoms. The molecule has 0 spiro atoms. The van der Waals surface area contributed by atoms with E-state index in [1.807, 2.05) is 49.5 Å². The molecule has 0 saturated heterocycles. The number of nitrogens with zero attached hydrogens (tertiary/aromatic N) is 3. The maximum atomic E-state index is 12.1. The highest BCUT2D eigenvalue weighted by Gasteiger charge is 2.14. The number of amides is 1. The molecule has 0 radical (unpaired) electrons. The first-order valence-corrected chi connectivity index (χ1v) is 13.4. The lowest BCUT2D eigenvalue weighted by Gasteiger charge is -2.09. The van der Waals surface area contributed by atoms with Crippen LogP contribution in [-0.2, 0) is 16.4 Å². The highest BCUT2D eigenvalue weighted by Crippen LogP contribution is 2.25. The van der Waals surface area contributed by atoms with E-state index in [-0.39, 0.29) is 16.3 Å². The van der Waals surface area contributed by atoms with Crippen molar-refractivity contribution in [2.24, 2.45) is 5.73 Å². The summed E-state index contributed by atoms with van der Waals surface area (Å²) >= 11 is 0. The van der Waals surface area contributed by atoms with Gasteiger partial charge in [0.25, 0.3) is 5.91 Å². The van der Waals surface area contributed by atoms with E-state index in [1.165, 1.54) is 0 Å². The van der Waals surface area contributed by atoms with E-state index >= 15 is 0 Å². The maximum Gasteiger partial charge on any atom is 0.269 e. The Kier molecular flexibility index (Phi) is 6.41. The largest absolute Gasteiger partial charge is 0.395 e. The minimum atomic E-state index is -3.46. The van der Waals surface area contributed by atoms with Crippen LogP contribution in [0.1, 0.15) is 21.7 Å². The molecule has 8 nitrogen and oxygen atoms in total. The Morgan fingerprint density at radius 3 is 2.24 bits per heavy atom. The Labute approximate surface area is 214 Å². The number of aryl methyl sites for hydroxylation is 1. The Morgan fingerprint density at radius 1 is 0.946 bits per heavy atom. The van der Waals surface area contributed by atoms with Crippen molar-refractivity contribution < 1.29 is 18.3 Å². The average molecular weight is 515 g/mol. The highest BCUT2D eigenvalue weighted by atomic mass is 32.2. The molecule has 0 fully saturated rings. The van der Waals surface area contributed by atoms with Gasteiger partial charge < -0.3 is 15.4 Å². The van der Waals surface area contributed by atoms with Gasteiger partial charge in [0.05, 0.1) is 22.9 Å². The van der Waals surface area contributed by atoms with Crippen molar-refractivity contribution in [2.75, 3.05) is 12.4 Å². The molecule has 188 valence electrons. The van der Waals surface area contributed by atoms with Gasteiger partial charge >= 0.3 is 0 Å². The number of primary amides is 1. The van der Waals surface area contributed by atoms with Crippen molar-refractivity contribution in [1.82, 2.24) is 14.3 Å². The number of carbonyl (C=O) groups is 1. The second-order valence-corrected chi connectivity index (χ2v) is 11.0. The molecule has 0 unspecified atom stereocenters. The summed E-state index contributed by atoms with van der Waals surface area (Å²) in [4.78, 5) is 11.7. The number of sulfone groups is 1. The summed E-state index contributed by atoms with van der Waals surface area (Å²) in [5, 5.41) is 14.3. The molecule has 0 aliphatic heterocycles. The van der Waals surface area contributed by atoms with E-state index in [9.17, 15) is 13.2 Å². The quantitative estimate of drug-likeness (QED) is 0.327. The van der Waals surface area contributed by atoms with Crippen molar-refractivity contribution in [3.63, 3.8) is 0 Å². The number of aliphatic hydroxyl groups is 1. The molecule has 0 bridgehead atoms. The predicted octanol–water partition coefficient (Wildman–Crippen LogP) is 3.72. The minimum absolute atomic E-state index is 0.209. The van der Waals surface area contributed by atoms with E-state index in [0.717, 1.165) is 39.0 Å². The number of hydrogen-bond acceptors (Lipinski definition) is 5. The van der Waals surface area contributed by atoms with Crippen LogP contribution in [0.25, 0.3) is 27.7 Å². The van der Waals surface area contributed by atoms with Crippen LogP contribution in [0.5, 0.6) is 0 Å². The highest BCUT2D eigenvalue weighted by molar-refractivity contribution is 7.91. The minimum Gasteiger partial charge on any atom is -0.395 e. The van der Waals surface area contributed by atoms with Crippen LogP contribution < -0.4 is 5.73 Å². The standard InChI is InChI=1S/C28H26N4O4S/c1-19-16-26(28(29)34)30-32(19)24-8-11-27-23(17-24)12-13-31(27)18-20-2-4-21(5-3-20)22-6-9-25(10-7-22)37(35,36)15-14-33/h2-13,16-17,33H,14-15,18H2,1H3,(H2,29,34). The maximum absolute atomic E-state index is 12.1. The van der Waals surface area contributed by atoms with Crippen molar-refractivity contribution in [3.8, 4) is 16.8 Å². The van der Waals surface area contributed by atoms with E-state index in [4.69, 9.17) is 10.8 Å².